The summed E-state index contributed by atoms with van der Waals surface area (Å²) < 4.78 is 29.8. The SMILES string of the molecule is CN1CCC(Oc2ccccc2Cl)c2ccc(-c3ccc(S(C)(=O)=O)cc3)cc2C1. The third kappa shape index (κ3) is 4.53. The largest absolute Gasteiger partial charge is 0.484 e. The van der Waals surface area contributed by atoms with E-state index in [1.807, 2.05) is 36.4 Å². The average Bonchev–Trinajstić information content (AvgIpc) is 2.87. The number of hydrogen-bond donors (Lipinski definition) is 0. The standard InChI is InChI=1S/C24H24ClNO3S/c1-26-14-13-23(29-24-6-4-3-5-22(24)25)21-12-9-18(15-19(21)16-26)17-7-10-20(11-8-17)30(2,27)28/h3-12,15,23H,13-14,16H2,1-2H3. The molecule has 4 nitrogen and oxygen atoms in total. The topological polar surface area (TPSA) is 46.6 Å². The molecule has 0 saturated heterocycles. The number of halogens is 1. The second kappa shape index (κ2) is 8.42. The minimum Gasteiger partial charge on any atom is -0.484 e. The number of rotatable bonds is 4. The first-order valence-electron chi connectivity index (χ1n) is 9.84. The van der Waals surface area contributed by atoms with Crippen LogP contribution < -0.4 is 4.74 Å². The van der Waals surface area contributed by atoms with Crippen molar-refractivity contribution >= 4 is 21.4 Å². The van der Waals surface area contributed by atoms with Crippen molar-refractivity contribution in [3.63, 3.8) is 0 Å². The van der Waals surface area contributed by atoms with E-state index in [2.05, 4.69) is 30.1 Å². The summed E-state index contributed by atoms with van der Waals surface area (Å²) in [6.07, 6.45) is 2.02. The number of ether oxygens (including phenoxy) is 1. The van der Waals surface area contributed by atoms with E-state index in [-0.39, 0.29) is 6.10 Å². The lowest BCUT2D eigenvalue weighted by Gasteiger charge is -2.21. The van der Waals surface area contributed by atoms with Gasteiger partial charge in [0.15, 0.2) is 9.84 Å². The first-order valence-corrected chi connectivity index (χ1v) is 12.1. The van der Waals surface area contributed by atoms with Gasteiger partial charge in [-0.3, -0.25) is 0 Å². The Morgan fingerprint density at radius 2 is 1.70 bits per heavy atom. The zero-order valence-corrected chi connectivity index (χ0v) is 18.6. The maximum atomic E-state index is 11.7. The summed E-state index contributed by atoms with van der Waals surface area (Å²) in [7, 11) is -1.10. The molecule has 0 spiro atoms. The lowest BCUT2D eigenvalue weighted by atomic mass is 9.96. The number of para-hydroxylation sites is 1. The third-order valence-electron chi connectivity index (χ3n) is 5.42. The summed E-state index contributed by atoms with van der Waals surface area (Å²) in [5, 5.41) is 0.610. The minimum atomic E-state index is -3.20. The molecule has 1 atom stereocenters. The highest BCUT2D eigenvalue weighted by molar-refractivity contribution is 7.90. The first kappa shape index (κ1) is 20.9. The molecule has 1 aliphatic rings. The molecule has 0 saturated carbocycles. The highest BCUT2D eigenvalue weighted by Gasteiger charge is 2.23. The van der Waals surface area contributed by atoms with E-state index < -0.39 is 9.84 Å². The summed E-state index contributed by atoms with van der Waals surface area (Å²) >= 11 is 6.31. The van der Waals surface area contributed by atoms with E-state index in [1.165, 1.54) is 11.8 Å². The Morgan fingerprint density at radius 1 is 1.00 bits per heavy atom. The highest BCUT2D eigenvalue weighted by Crippen LogP contribution is 2.35. The lowest BCUT2D eigenvalue weighted by Crippen LogP contribution is -2.18. The van der Waals surface area contributed by atoms with E-state index in [9.17, 15) is 8.42 Å². The Labute approximate surface area is 183 Å². The van der Waals surface area contributed by atoms with Crippen LogP contribution in [0.3, 0.4) is 0 Å². The van der Waals surface area contributed by atoms with Crippen LogP contribution in [-0.4, -0.2) is 33.2 Å². The van der Waals surface area contributed by atoms with Crippen LogP contribution in [-0.2, 0) is 16.4 Å². The van der Waals surface area contributed by atoms with Crippen LogP contribution in [0.4, 0.5) is 0 Å². The summed E-state index contributed by atoms with van der Waals surface area (Å²) in [5.41, 5.74) is 4.41. The molecular weight excluding hydrogens is 418 g/mol. The number of hydrogen-bond acceptors (Lipinski definition) is 4. The van der Waals surface area contributed by atoms with Gasteiger partial charge in [-0.15, -0.1) is 0 Å². The van der Waals surface area contributed by atoms with E-state index >= 15 is 0 Å². The molecule has 1 aliphatic heterocycles. The van der Waals surface area contributed by atoms with Gasteiger partial charge in [0.05, 0.1) is 9.92 Å². The molecule has 1 unspecified atom stereocenters. The quantitative estimate of drug-likeness (QED) is 0.546. The van der Waals surface area contributed by atoms with E-state index in [0.29, 0.717) is 15.7 Å². The van der Waals surface area contributed by atoms with Gasteiger partial charge in [-0.2, -0.15) is 0 Å². The normalized spacial score (nSPS) is 17.2. The van der Waals surface area contributed by atoms with Crippen molar-refractivity contribution in [2.24, 2.45) is 0 Å². The van der Waals surface area contributed by atoms with Crippen LogP contribution in [0.1, 0.15) is 23.7 Å². The zero-order valence-electron chi connectivity index (χ0n) is 17.0. The molecule has 0 amide bonds. The van der Waals surface area contributed by atoms with Crippen molar-refractivity contribution in [1.29, 1.82) is 0 Å². The molecule has 6 heteroatoms. The van der Waals surface area contributed by atoms with Crippen LogP contribution in [0.5, 0.6) is 5.75 Å². The van der Waals surface area contributed by atoms with Crippen molar-refractivity contribution in [2.75, 3.05) is 19.8 Å². The fourth-order valence-corrected chi connectivity index (χ4v) is 4.62. The number of sulfone groups is 1. The van der Waals surface area contributed by atoms with E-state index in [0.717, 1.165) is 36.2 Å². The van der Waals surface area contributed by atoms with Gasteiger partial charge in [0.2, 0.25) is 0 Å². The van der Waals surface area contributed by atoms with Gasteiger partial charge in [-0.25, -0.2) is 8.42 Å². The predicted molar refractivity (Wildman–Crippen MR) is 121 cm³/mol. The van der Waals surface area contributed by atoms with Gasteiger partial charge in [-0.1, -0.05) is 48.0 Å². The second-order valence-corrected chi connectivity index (χ2v) is 10.2. The molecular formula is C24H24ClNO3S. The molecule has 0 fully saturated rings. The minimum absolute atomic E-state index is 0.0773. The van der Waals surface area contributed by atoms with Crippen molar-refractivity contribution in [2.45, 2.75) is 24.0 Å². The molecule has 156 valence electrons. The van der Waals surface area contributed by atoms with Crippen LogP contribution in [0.15, 0.2) is 71.6 Å². The van der Waals surface area contributed by atoms with Gasteiger partial charge in [0, 0.05) is 25.8 Å². The Hall–Kier alpha value is -2.34. The zero-order chi connectivity index (χ0) is 21.3. The van der Waals surface area contributed by atoms with E-state index in [1.54, 1.807) is 12.1 Å². The van der Waals surface area contributed by atoms with Crippen LogP contribution in [0.2, 0.25) is 5.02 Å². The molecule has 4 rings (SSSR count). The Bertz CT molecular complexity index is 1160. The van der Waals surface area contributed by atoms with Gasteiger partial charge < -0.3 is 9.64 Å². The van der Waals surface area contributed by atoms with Crippen molar-refractivity contribution in [3.8, 4) is 16.9 Å². The van der Waals surface area contributed by atoms with Gasteiger partial charge in [0.25, 0.3) is 0 Å². The fourth-order valence-electron chi connectivity index (χ4n) is 3.81. The van der Waals surface area contributed by atoms with Gasteiger partial charge in [0.1, 0.15) is 11.9 Å². The maximum Gasteiger partial charge on any atom is 0.175 e. The summed E-state index contributed by atoms with van der Waals surface area (Å²) in [6, 6.07) is 21.0. The van der Waals surface area contributed by atoms with Crippen molar-refractivity contribution in [1.82, 2.24) is 4.90 Å². The second-order valence-electron chi connectivity index (χ2n) is 7.77. The molecule has 3 aromatic rings. The summed E-state index contributed by atoms with van der Waals surface area (Å²) in [6.45, 7) is 1.75. The lowest BCUT2D eigenvalue weighted by molar-refractivity contribution is 0.183. The Kier molecular flexibility index (Phi) is 5.87. The Morgan fingerprint density at radius 3 is 2.40 bits per heavy atom. The monoisotopic (exact) mass is 441 g/mol. The van der Waals surface area contributed by atoms with Crippen LogP contribution in [0, 0.1) is 0 Å². The number of benzene rings is 3. The Balaban J connectivity index is 1.68. The molecule has 1 heterocycles. The van der Waals surface area contributed by atoms with Gasteiger partial charge in [-0.05, 0) is 59.6 Å². The fraction of sp³-hybridized carbons (Fsp3) is 0.250. The van der Waals surface area contributed by atoms with Crippen LogP contribution in [0.25, 0.3) is 11.1 Å². The van der Waals surface area contributed by atoms with Crippen LogP contribution >= 0.6 is 11.6 Å². The smallest absolute Gasteiger partial charge is 0.175 e. The molecule has 3 aromatic carbocycles. The first-order chi connectivity index (χ1) is 14.3. The molecule has 0 bridgehead atoms. The summed E-state index contributed by atoms with van der Waals surface area (Å²) in [5.74, 6) is 0.695. The van der Waals surface area contributed by atoms with Crippen molar-refractivity contribution in [3.05, 3.63) is 82.9 Å². The highest BCUT2D eigenvalue weighted by atomic mass is 35.5. The van der Waals surface area contributed by atoms with E-state index in [4.69, 9.17) is 16.3 Å². The van der Waals surface area contributed by atoms with Gasteiger partial charge >= 0.3 is 0 Å². The predicted octanol–water partition coefficient (Wildman–Crippen LogP) is 5.37. The van der Waals surface area contributed by atoms with Crippen molar-refractivity contribution < 1.29 is 13.2 Å². The average molecular weight is 442 g/mol. The molecule has 0 radical (unpaired) electrons. The summed E-state index contributed by atoms with van der Waals surface area (Å²) in [4.78, 5) is 2.61. The third-order valence-corrected chi connectivity index (χ3v) is 6.87. The maximum absolute atomic E-state index is 11.7. The molecule has 30 heavy (non-hydrogen) atoms. The number of nitrogens with zero attached hydrogens (tertiary/aromatic N) is 1. The molecule has 0 aromatic heterocycles. The molecule has 0 aliphatic carbocycles. The number of fused-ring (bicyclic) bond motifs is 1. The molecule has 0 N–H and O–H groups in total.